The minimum Gasteiger partial charge on any atom is -0.371 e. The first-order valence-corrected chi connectivity index (χ1v) is 7.31. The van der Waals surface area contributed by atoms with Crippen LogP contribution in [-0.4, -0.2) is 42.5 Å². The Hall–Kier alpha value is -0.870. The predicted molar refractivity (Wildman–Crippen MR) is 72.5 cm³/mol. The number of nitrogens with zero attached hydrogens (tertiary/aromatic N) is 2. The van der Waals surface area contributed by atoms with Gasteiger partial charge in [-0.15, -0.1) is 0 Å². The average molecular weight is 249 g/mol. The van der Waals surface area contributed by atoms with Gasteiger partial charge in [-0.3, -0.25) is 10.2 Å². The van der Waals surface area contributed by atoms with Crippen LogP contribution in [0.3, 0.4) is 0 Å². The Balaban J connectivity index is 1.80. The van der Waals surface area contributed by atoms with Crippen molar-refractivity contribution in [2.45, 2.75) is 51.3 Å². The molecular weight excluding hydrogens is 226 g/mol. The highest BCUT2D eigenvalue weighted by molar-refractivity contribution is 6.05. The van der Waals surface area contributed by atoms with Gasteiger partial charge in [0.1, 0.15) is 5.71 Å². The Bertz CT molecular complexity index is 364. The minimum absolute atomic E-state index is 0.0168. The molecule has 2 atom stereocenters. The first kappa shape index (κ1) is 12.2. The third-order valence-corrected chi connectivity index (χ3v) is 4.25. The zero-order valence-corrected chi connectivity index (χ0v) is 11.2. The zero-order chi connectivity index (χ0) is 12.4. The van der Waals surface area contributed by atoms with E-state index in [-0.39, 0.29) is 6.23 Å². The van der Waals surface area contributed by atoms with Gasteiger partial charge in [0.2, 0.25) is 6.23 Å². The Morgan fingerprint density at radius 3 is 3.28 bits per heavy atom. The molecule has 0 aromatic carbocycles. The van der Waals surface area contributed by atoms with Crippen LogP contribution in [0.2, 0.25) is 0 Å². The Labute approximate surface area is 109 Å². The molecule has 0 spiro atoms. The molecule has 100 valence electrons. The van der Waals surface area contributed by atoms with Gasteiger partial charge in [0.05, 0.1) is 6.04 Å². The number of likely N-dealkylation sites (tertiary alicyclic amines) is 1. The Morgan fingerprint density at radius 2 is 2.39 bits per heavy atom. The number of hydrogen-bond donors (Lipinski definition) is 1. The van der Waals surface area contributed by atoms with E-state index in [1.165, 1.54) is 43.5 Å². The van der Waals surface area contributed by atoms with Crippen molar-refractivity contribution in [3.8, 4) is 0 Å². The van der Waals surface area contributed by atoms with Gasteiger partial charge >= 0.3 is 0 Å². The maximum Gasteiger partial charge on any atom is 0.206 e. The maximum atomic E-state index is 5.58. The molecule has 0 bridgehead atoms. The van der Waals surface area contributed by atoms with E-state index >= 15 is 0 Å². The molecule has 4 nitrogen and oxygen atoms in total. The van der Waals surface area contributed by atoms with Crippen molar-refractivity contribution in [3.63, 3.8) is 0 Å². The van der Waals surface area contributed by atoms with Crippen LogP contribution < -0.4 is 5.32 Å². The van der Waals surface area contributed by atoms with E-state index in [1.54, 1.807) is 0 Å². The quantitative estimate of drug-likeness (QED) is 0.812. The van der Waals surface area contributed by atoms with Gasteiger partial charge in [-0.25, -0.2) is 0 Å². The summed E-state index contributed by atoms with van der Waals surface area (Å²) in [5.41, 5.74) is 2.49. The van der Waals surface area contributed by atoms with Crippen LogP contribution in [0.4, 0.5) is 0 Å². The second kappa shape index (κ2) is 5.41. The molecule has 3 aliphatic heterocycles. The highest BCUT2D eigenvalue weighted by Gasteiger charge is 2.36. The molecule has 3 heterocycles. The summed E-state index contributed by atoms with van der Waals surface area (Å²) >= 11 is 0. The number of nitrogens with one attached hydrogen (secondary N) is 1. The van der Waals surface area contributed by atoms with Gasteiger partial charge in [0.15, 0.2) is 0 Å². The lowest BCUT2D eigenvalue weighted by Crippen LogP contribution is -2.45. The van der Waals surface area contributed by atoms with Gasteiger partial charge in [0.25, 0.3) is 0 Å². The van der Waals surface area contributed by atoms with E-state index in [2.05, 4.69) is 28.4 Å². The van der Waals surface area contributed by atoms with Crippen LogP contribution >= 0.6 is 0 Å². The second-order valence-corrected chi connectivity index (χ2v) is 5.36. The Kier molecular flexibility index (Phi) is 3.66. The fourth-order valence-corrected chi connectivity index (χ4v) is 3.24. The molecule has 1 N–H and O–H groups in total. The van der Waals surface area contributed by atoms with Crippen molar-refractivity contribution < 1.29 is 4.84 Å². The topological polar surface area (TPSA) is 36.9 Å². The molecule has 3 aliphatic rings. The molecule has 0 amide bonds. The summed E-state index contributed by atoms with van der Waals surface area (Å²) in [5, 5.41) is 7.81. The molecule has 0 saturated carbocycles. The van der Waals surface area contributed by atoms with Crippen molar-refractivity contribution in [3.05, 3.63) is 11.6 Å². The normalized spacial score (nSPS) is 33.2. The Morgan fingerprint density at radius 1 is 1.44 bits per heavy atom. The van der Waals surface area contributed by atoms with Gasteiger partial charge in [-0.1, -0.05) is 24.6 Å². The average Bonchev–Trinajstić information content (AvgIpc) is 2.67. The second-order valence-electron chi connectivity index (χ2n) is 5.36. The number of fused-ring (bicyclic) bond motifs is 1. The highest BCUT2D eigenvalue weighted by atomic mass is 16.7. The number of allylic oxidation sites excluding steroid dienone is 1. The summed E-state index contributed by atoms with van der Waals surface area (Å²) in [5.74, 6) is 0. The molecule has 0 aromatic rings. The van der Waals surface area contributed by atoms with Gasteiger partial charge in [-0.2, -0.15) is 0 Å². The molecule has 3 rings (SSSR count). The van der Waals surface area contributed by atoms with E-state index < -0.39 is 0 Å². The molecular formula is C14H23N3O. The summed E-state index contributed by atoms with van der Waals surface area (Å²) in [6.45, 7) is 5.57. The van der Waals surface area contributed by atoms with E-state index in [1.807, 2.05) is 0 Å². The van der Waals surface area contributed by atoms with Crippen LogP contribution in [0.5, 0.6) is 0 Å². The van der Waals surface area contributed by atoms with Crippen LogP contribution in [0.1, 0.15) is 39.0 Å². The zero-order valence-electron chi connectivity index (χ0n) is 11.2. The van der Waals surface area contributed by atoms with E-state index in [0.29, 0.717) is 6.04 Å². The lowest BCUT2D eigenvalue weighted by atomic mass is 9.93. The number of hydrogen-bond acceptors (Lipinski definition) is 4. The van der Waals surface area contributed by atoms with Gasteiger partial charge in [0, 0.05) is 5.57 Å². The summed E-state index contributed by atoms with van der Waals surface area (Å²) < 4.78 is 0. The molecule has 0 aliphatic carbocycles. The van der Waals surface area contributed by atoms with Crippen LogP contribution in [0.15, 0.2) is 16.8 Å². The first-order chi connectivity index (χ1) is 8.90. The van der Waals surface area contributed by atoms with Crippen molar-refractivity contribution in [2.75, 3.05) is 19.6 Å². The molecule has 1 saturated heterocycles. The van der Waals surface area contributed by atoms with Crippen LogP contribution in [0, 0.1) is 0 Å². The van der Waals surface area contributed by atoms with E-state index in [4.69, 9.17) is 4.84 Å². The number of piperidine rings is 1. The van der Waals surface area contributed by atoms with Gasteiger partial charge in [-0.05, 0) is 45.3 Å². The summed E-state index contributed by atoms with van der Waals surface area (Å²) in [4.78, 5) is 8.12. The minimum atomic E-state index is 0.0168. The number of oxime groups is 1. The molecule has 18 heavy (non-hydrogen) atoms. The van der Waals surface area contributed by atoms with Crippen molar-refractivity contribution in [1.82, 2.24) is 10.2 Å². The summed E-state index contributed by atoms with van der Waals surface area (Å²) in [6, 6.07) is 0.472. The monoisotopic (exact) mass is 249 g/mol. The third-order valence-electron chi connectivity index (χ3n) is 4.25. The summed E-state index contributed by atoms with van der Waals surface area (Å²) in [6.07, 6.45) is 8.53. The largest absolute Gasteiger partial charge is 0.371 e. The van der Waals surface area contributed by atoms with Crippen molar-refractivity contribution >= 4 is 5.71 Å². The smallest absolute Gasteiger partial charge is 0.206 e. The predicted octanol–water partition coefficient (Wildman–Crippen LogP) is 1.88. The fourth-order valence-electron chi connectivity index (χ4n) is 3.24. The van der Waals surface area contributed by atoms with Crippen molar-refractivity contribution in [1.29, 1.82) is 0 Å². The molecule has 1 fully saturated rings. The summed E-state index contributed by atoms with van der Waals surface area (Å²) in [7, 11) is 0. The SMILES string of the molecule is CCN1CCCCC1C1=NOC2NCCCC=C12. The fraction of sp³-hybridized carbons (Fsp3) is 0.786. The maximum absolute atomic E-state index is 5.58. The van der Waals surface area contributed by atoms with Crippen LogP contribution in [0.25, 0.3) is 0 Å². The standard InChI is InChI=1S/C14H23N3O/c1-2-17-10-6-4-8-12(17)13-11-7-3-5-9-15-14(11)18-16-13/h7,12,14-15H,2-6,8-10H2,1H3. The molecule has 0 radical (unpaired) electrons. The van der Waals surface area contributed by atoms with Crippen LogP contribution in [-0.2, 0) is 4.84 Å². The highest BCUT2D eigenvalue weighted by Crippen LogP contribution is 2.27. The van der Waals surface area contributed by atoms with E-state index in [9.17, 15) is 0 Å². The number of rotatable bonds is 2. The lowest BCUT2D eigenvalue weighted by molar-refractivity contribution is 0.0802. The molecule has 0 aromatic heterocycles. The lowest BCUT2D eigenvalue weighted by Gasteiger charge is -2.34. The molecule has 4 heteroatoms. The van der Waals surface area contributed by atoms with Gasteiger partial charge < -0.3 is 4.84 Å². The van der Waals surface area contributed by atoms with E-state index in [0.717, 1.165) is 19.5 Å². The first-order valence-electron chi connectivity index (χ1n) is 7.31. The third kappa shape index (κ3) is 2.19. The van der Waals surface area contributed by atoms with Crippen molar-refractivity contribution in [2.24, 2.45) is 5.16 Å². The molecule has 2 unspecified atom stereocenters.